The summed E-state index contributed by atoms with van der Waals surface area (Å²) in [5.74, 6) is 0.705. The molecule has 1 N–H and O–H groups in total. The minimum atomic E-state index is 0. The van der Waals surface area contributed by atoms with Gasteiger partial charge in [0.1, 0.15) is 0 Å². The summed E-state index contributed by atoms with van der Waals surface area (Å²) >= 11 is 0. The fraction of sp³-hybridized carbons (Fsp3) is 0.917. The molecule has 0 aromatic carbocycles. The van der Waals surface area contributed by atoms with Crippen molar-refractivity contribution >= 4 is 18.3 Å². The van der Waals surface area contributed by atoms with Crippen LogP contribution in [0.15, 0.2) is 0 Å². The van der Waals surface area contributed by atoms with Crippen molar-refractivity contribution < 1.29 is 4.79 Å². The molecule has 0 aromatic heterocycles. The van der Waals surface area contributed by atoms with E-state index in [0.717, 1.165) is 32.5 Å². The summed E-state index contributed by atoms with van der Waals surface area (Å²) in [5, 5.41) is 3.32. The molecule has 1 amide bonds. The van der Waals surface area contributed by atoms with Gasteiger partial charge in [0, 0.05) is 31.6 Å². The fourth-order valence-corrected chi connectivity index (χ4v) is 2.55. The lowest BCUT2D eigenvalue weighted by Gasteiger charge is -2.34. The zero-order chi connectivity index (χ0) is 11.1. The van der Waals surface area contributed by atoms with Crippen LogP contribution in [-0.4, -0.2) is 36.5 Å². The third kappa shape index (κ3) is 2.35. The number of carbonyl (C=O) groups is 1. The summed E-state index contributed by atoms with van der Waals surface area (Å²) in [5.41, 5.74) is 0.307. The predicted molar refractivity (Wildman–Crippen MR) is 67.8 cm³/mol. The first-order valence-electron chi connectivity index (χ1n) is 6.09. The van der Waals surface area contributed by atoms with Crippen LogP contribution in [0, 0.1) is 11.3 Å². The molecule has 2 unspecified atom stereocenters. The highest BCUT2D eigenvalue weighted by Gasteiger charge is 2.54. The van der Waals surface area contributed by atoms with Crippen molar-refractivity contribution in [3.05, 3.63) is 0 Å². The van der Waals surface area contributed by atoms with E-state index < -0.39 is 0 Å². The number of piperazine rings is 1. The molecule has 3 atom stereocenters. The molecule has 2 fully saturated rings. The summed E-state index contributed by atoms with van der Waals surface area (Å²) in [6.45, 7) is 9.34. The quantitative estimate of drug-likeness (QED) is 0.804. The van der Waals surface area contributed by atoms with Crippen LogP contribution in [0.25, 0.3) is 0 Å². The monoisotopic (exact) mass is 246 g/mol. The largest absolute Gasteiger partial charge is 0.337 e. The number of amides is 1. The molecule has 0 spiro atoms. The Morgan fingerprint density at radius 1 is 1.56 bits per heavy atom. The second kappa shape index (κ2) is 4.92. The molecule has 4 heteroatoms. The molecule has 94 valence electrons. The number of hydrogen-bond acceptors (Lipinski definition) is 2. The molecule has 1 aliphatic carbocycles. The second-order valence-electron chi connectivity index (χ2n) is 5.35. The number of hydrogen-bond donors (Lipinski definition) is 1. The number of nitrogens with zero attached hydrogens (tertiary/aromatic N) is 1. The first kappa shape index (κ1) is 13.8. The van der Waals surface area contributed by atoms with Gasteiger partial charge in [-0.2, -0.15) is 0 Å². The maximum absolute atomic E-state index is 12.2. The van der Waals surface area contributed by atoms with Gasteiger partial charge in [-0.25, -0.2) is 0 Å². The summed E-state index contributed by atoms with van der Waals surface area (Å²) < 4.78 is 0. The van der Waals surface area contributed by atoms with Crippen LogP contribution in [0.3, 0.4) is 0 Å². The molecule has 2 rings (SSSR count). The van der Waals surface area contributed by atoms with Crippen molar-refractivity contribution in [2.75, 3.05) is 19.6 Å². The van der Waals surface area contributed by atoms with Crippen LogP contribution in [0.2, 0.25) is 0 Å². The highest BCUT2D eigenvalue weighted by Crippen LogP contribution is 2.55. The lowest BCUT2D eigenvalue weighted by atomic mass is 10.0. The third-order valence-electron chi connectivity index (χ3n) is 4.24. The minimum Gasteiger partial charge on any atom is -0.337 e. The average molecular weight is 247 g/mol. The number of rotatable bonds is 2. The molecule has 1 aliphatic heterocycles. The Morgan fingerprint density at radius 3 is 2.75 bits per heavy atom. The van der Waals surface area contributed by atoms with E-state index in [-0.39, 0.29) is 12.4 Å². The van der Waals surface area contributed by atoms with E-state index in [2.05, 4.69) is 31.0 Å². The maximum atomic E-state index is 12.2. The minimum absolute atomic E-state index is 0. The number of nitrogens with one attached hydrogen (secondary N) is 1. The van der Waals surface area contributed by atoms with Crippen LogP contribution < -0.4 is 5.32 Å². The molecule has 0 aromatic rings. The smallest absolute Gasteiger partial charge is 0.226 e. The van der Waals surface area contributed by atoms with Crippen LogP contribution in [-0.2, 0) is 4.79 Å². The maximum Gasteiger partial charge on any atom is 0.226 e. The van der Waals surface area contributed by atoms with Crippen molar-refractivity contribution in [1.29, 1.82) is 0 Å². The molecule has 3 nitrogen and oxygen atoms in total. The Morgan fingerprint density at radius 2 is 2.25 bits per heavy atom. The van der Waals surface area contributed by atoms with Gasteiger partial charge in [0.25, 0.3) is 0 Å². The Hall–Kier alpha value is -0.280. The van der Waals surface area contributed by atoms with E-state index in [4.69, 9.17) is 0 Å². The summed E-state index contributed by atoms with van der Waals surface area (Å²) in [6.07, 6.45) is 2.23. The van der Waals surface area contributed by atoms with Gasteiger partial charge in [-0.3, -0.25) is 4.79 Å². The lowest BCUT2D eigenvalue weighted by Crippen LogP contribution is -2.53. The van der Waals surface area contributed by atoms with Crippen molar-refractivity contribution in [3.63, 3.8) is 0 Å². The van der Waals surface area contributed by atoms with Crippen molar-refractivity contribution in [2.45, 2.75) is 39.7 Å². The third-order valence-corrected chi connectivity index (χ3v) is 4.24. The van der Waals surface area contributed by atoms with E-state index in [9.17, 15) is 4.79 Å². The molecular weight excluding hydrogens is 224 g/mol. The number of halogens is 1. The van der Waals surface area contributed by atoms with Gasteiger partial charge in [0.2, 0.25) is 5.91 Å². The van der Waals surface area contributed by atoms with E-state index in [1.807, 2.05) is 0 Å². The molecule has 1 heterocycles. The van der Waals surface area contributed by atoms with Crippen LogP contribution in [0.5, 0.6) is 0 Å². The topological polar surface area (TPSA) is 32.3 Å². The van der Waals surface area contributed by atoms with E-state index in [1.54, 1.807) is 0 Å². The Labute approximate surface area is 104 Å². The standard InChI is InChI=1S/C12H22N2O.ClH/c1-4-12(3)7-10(12)11(15)14-6-5-13-8-9(14)2;/h9-10,13H,4-8H2,1-3H3;1H/t9-,10?,12?;/m1./s1. The first-order valence-corrected chi connectivity index (χ1v) is 6.09. The van der Waals surface area contributed by atoms with Gasteiger partial charge in [0.05, 0.1) is 0 Å². The van der Waals surface area contributed by atoms with Crippen LogP contribution >= 0.6 is 12.4 Å². The normalized spacial score (nSPS) is 37.8. The van der Waals surface area contributed by atoms with Gasteiger partial charge in [-0.1, -0.05) is 13.8 Å². The molecule has 1 saturated heterocycles. The van der Waals surface area contributed by atoms with Gasteiger partial charge >= 0.3 is 0 Å². The summed E-state index contributed by atoms with van der Waals surface area (Å²) in [4.78, 5) is 14.3. The number of carbonyl (C=O) groups excluding carboxylic acids is 1. The molecular formula is C12H23ClN2O. The zero-order valence-electron chi connectivity index (χ0n) is 10.5. The Bertz CT molecular complexity index is 272. The zero-order valence-corrected chi connectivity index (χ0v) is 11.3. The lowest BCUT2D eigenvalue weighted by molar-refractivity contribution is -0.136. The van der Waals surface area contributed by atoms with Gasteiger partial charge in [0.15, 0.2) is 0 Å². The summed E-state index contributed by atoms with van der Waals surface area (Å²) in [6, 6.07) is 0.368. The SMILES string of the molecule is CCC1(C)CC1C(=O)N1CCNC[C@H]1C.Cl. The average Bonchev–Trinajstić information content (AvgIpc) is 2.92. The van der Waals surface area contributed by atoms with E-state index in [1.165, 1.54) is 0 Å². The Balaban J connectivity index is 0.00000128. The van der Waals surface area contributed by atoms with Gasteiger partial charge < -0.3 is 10.2 Å². The first-order chi connectivity index (χ1) is 7.08. The summed E-state index contributed by atoms with van der Waals surface area (Å²) in [7, 11) is 0. The van der Waals surface area contributed by atoms with Crippen molar-refractivity contribution in [1.82, 2.24) is 10.2 Å². The van der Waals surface area contributed by atoms with E-state index >= 15 is 0 Å². The van der Waals surface area contributed by atoms with Gasteiger partial charge in [-0.05, 0) is 25.2 Å². The van der Waals surface area contributed by atoms with Gasteiger partial charge in [-0.15, -0.1) is 12.4 Å². The predicted octanol–water partition coefficient (Wildman–Crippen LogP) is 1.66. The molecule has 0 bridgehead atoms. The van der Waals surface area contributed by atoms with Crippen molar-refractivity contribution in [3.8, 4) is 0 Å². The highest BCUT2D eigenvalue weighted by atomic mass is 35.5. The molecule has 1 saturated carbocycles. The molecule has 16 heavy (non-hydrogen) atoms. The van der Waals surface area contributed by atoms with Crippen LogP contribution in [0.4, 0.5) is 0 Å². The highest BCUT2D eigenvalue weighted by molar-refractivity contribution is 5.85. The molecule has 2 aliphatic rings. The van der Waals surface area contributed by atoms with E-state index in [0.29, 0.717) is 23.3 Å². The Kier molecular flexibility index (Phi) is 4.24. The van der Waals surface area contributed by atoms with Crippen molar-refractivity contribution in [2.24, 2.45) is 11.3 Å². The van der Waals surface area contributed by atoms with Crippen LogP contribution in [0.1, 0.15) is 33.6 Å². The fourth-order valence-electron chi connectivity index (χ4n) is 2.55. The second-order valence-corrected chi connectivity index (χ2v) is 5.35. The molecule has 0 radical (unpaired) electrons.